The van der Waals surface area contributed by atoms with E-state index >= 15 is 4.39 Å². The van der Waals surface area contributed by atoms with Crippen LogP contribution in [-0.2, 0) is 9.47 Å². The minimum absolute atomic E-state index is 0.0147. The van der Waals surface area contributed by atoms with Crippen molar-refractivity contribution in [3.05, 3.63) is 70.3 Å². The maximum Gasteiger partial charge on any atom is 0.405 e. The molecule has 0 unspecified atom stereocenters. The molecule has 2 saturated heterocycles. The van der Waals surface area contributed by atoms with Gasteiger partial charge in [0.25, 0.3) is 5.91 Å². The van der Waals surface area contributed by atoms with E-state index in [2.05, 4.69) is 15.0 Å². The summed E-state index contributed by atoms with van der Waals surface area (Å²) in [6, 6.07) is 13.1. The zero-order valence-electron chi connectivity index (χ0n) is 27.6. The molecule has 2 amide bonds. The van der Waals surface area contributed by atoms with Crippen LogP contribution in [0.25, 0.3) is 27.4 Å². The summed E-state index contributed by atoms with van der Waals surface area (Å²) in [5.41, 5.74) is 5.31. The van der Waals surface area contributed by atoms with Crippen LogP contribution in [0.3, 0.4) is 0 Å². The Balaban J connectivity index is 0.000000449. The number of rotatable bonds is 6. The quantitative estimate of drug-likeness (QED) is 0.235. The molecule has 11 nitrogen and oxygen atoms in total. The molecule has 2 fully saturated rings. The predicted molar refractivity (Wildman–Crippen MR) is 183 cm³/mol. The smallest absolute Gasteiger partial charge is 0.405 e. The van der Waals surface area contributed by atoms with Gasteiger partial charge in [-0.15, -0.1) is 0 Å². The van der Waals surface area contributed by atoms with Crippen molar-refractivity contribution in [2.45, 2.75) is 45.6 Å². The molecule has 0 atom stereocenters. The average Bonchev–Trinajstić information content (AvgIpc) is 3.57. The van der Waals surface area contributed by atoms with E-state index in [1.54, 1.807) is 27.0 Å². The first kappa shape index (κ1) is 33.2. The van der Waals surface area contributed by atoms with Gasteiger partial charge >= 0.3 is 6.09 Å². The molecule has 3 aromatic carbocycles. The molecule has 3 aliphatic rings. The monoisotopic (exact) mass is 659 g/mol. The zero-order valence-corrected chi connectivity index (χ0v) is 27.6. The molecule has 3 N–H and O–H groups in total. The van der Waals surface area contributed by atoms with Crippen molar-refractivity contribution >= 4 is 39.4 Å². The predicted octanol–water partition coefficient (Wildman–Crippen LogP) is 5.32. The molecule has 0 bridgehead atoms. The SMILES string of the molecule is CC(C)(C)OC(N)=O.O=C(NCCCN1CCOCC1)c1cn2c3c(c(N4CCCC4)c(F)cc3c1=O)Oc1cc3ccccc3cc1-2. The first-order chi connectivity index (χ1) is 23.0. The van der Waals surface area contributed by atoms with Crippen LogP contribution < -0.4 is 26.1 Å². The second-order valence-electron chi connectivity index (χ2n) is 13.2. The summed E-state index contributed by atoms with van der Waals surface area (Å²) in [5, 5.41) is 5.03. The van der Waals surface area contributed by atoms with Crippen molar-refractivity contribution in [2.75, 3.05) is 57.4 Å². The minimum atomic E-state index is -0.725. The van der Waals surface area contributed by atoms with E-state index in [0.29, 0.717) is 34.9 Å². The molecule has 3 aliphatic heterocycles. The number of morpholine rings is 1. The largest absolute Gasteiger partial charge is 0.451 e. The third-order valence-electron chi connectivity index (χ3n) is 8.58. The van der Waals surface area contributed by atoms with Crippen molar-refractivity contribution in [3.63, 3.8) is 0 Å². The molecule has 0 aliphatic carbocycles. The number of nitrogens with zero attached hydrogens (tertiary/aromatic N) is 3. The number of pyridine rings is 1. The Hall–Kier alpha value is -4.68. The first-order valence-electron chi connectivity index (χ1n) is 16.4. The number of primary amides is 1. The zero-order chi connectivity index (χ0) is 34.0. The van der Waals surface area contributed by atoms with E-state index in [0.717, 1.165) is 76.0 Å². The Kier molecular flexibility index (Phi) is 9.56. The summed E-state index contributed by atoms with van der Waals surface area (Å²) >= 11 is 0. The van der Waals surface area contributed by atoms with E-state index in [9.17, 15) is 14.4 Å². The van der Waals surface area contributed by atoms with Crippen LogP contribution >= 0.6 is 0 Å². The molecule has 4 aromatic rings. The standard InChI is InChI=1S/C31H31FN4O4.C5H11NO2/c32-24-18-22-27-30(28(24)35-10-3-4-11-35)40-26-17-21-7-2-1-6-20(21)16-25(26)36(27)19-23(29(22)37)31(38)33-8-5-9-34-12-14-39-15-13-34;1-5(2,3)8-4(6)7/h1-2,6-7,16-19H,3-5,8-15H2,(H,33,38);1-3H3,(H2,6,7). The molecule has 254 valence electrons. The highest BCUT2D eigenvalue weighted by atomic mass is 19.1. The normalized spacial score (nSPS) is 15.8. The number of nitrogens with one attached hydrogen (secondary N) is 1. The van der Waals surface area contributed by atoms with Crippen LogP contribution in [0.5, 0.6) is 11.5 Å². The Bertz CT molecular complexity index is 1910. The fourth-order valence-electron chi connectivity index (χ4n) is 6.41. The lowest BCUT2D eigenvalue weighted by atomic mass is 10.0. The summed E-state index contributed by atoms with van der Waals surface area (Å²) in [6.07, 6.45) is 3.56. The number of hydrogen-bond acceptors (Lipinski definition) is 8. The average molecular weight is 660 g/mol. The summed E-state index contributed by atoms with van der Waals surface area (Å²) < 4.78 is 34.0. The molecule has 1 aromatic heterocycles. The lowest BCUT2D eigenvalue weighted by Gasteiger charge is -2.29. The molecule has 0 radical (unpaired) electrons. The fraction of sp³-hybridized carbons (Fsp3) is 0.417. The summed E-state index contributed by atoms with van der Waals surface area (Å²) in [6.45, 7) is 11.2. The molecule has 48 heavy (non-hydrogen) atoms. The molecule has 7 rings (SSSR count). The Labute approximate surface area is 278 Å². The second-order valence-corrected chi connectivity index (χ2v) is 13.2. The molecular formula is C36H42FN5O6. The van der Waals surface area contributed by atoms with Crippen molar-refractivity contribution in [2.24, 2.45) is 5.73 Å². The topological polar surface area (TPSA) is 128 Å². The van der Waals surface area contributed by atoms with Gasteiger partial charge in [-0.2, -0.15) is 0 Å². The number of halogens is 1. The fourth-order valence-corrected chi connectivity index (χ4v) is 6.41. The highest BCUT2D eigenvalue weighted by Crippen LogP contribution is 2.48. The molecular weight excluding hydrogens is 617 g/mol. The Morgan fingerprint density at radius 2 is 1.71 bits per heavy atom. The number of anilines is 1. The third kappa shape index (κ3) is 7.09. The van der Waals surface area contributed by atoms with Gasteiger partial charge in [-0.1, -0.05) is 24.3 Å². The molecule has 0 saturated carbocycles. The number of ether oxygens (including phenoxy) is 3. The van der Waals surface area contributed by atoms with Crippen LogP contribution in [0.4, 0.5) is 14.9 Å². The number of carbonyl (C=O) groups excluding carboxylic acids is 2. The first-order valence-corrected chi connectivity index (χ1v) is 16.4. The Morgan fingerprint density at radius 1 is 1.02 bits per heavy atom. The van der Waals surface area contributed by atoms with Crippen LogP contribution in [0, 0.1) is 5.82 Å². The Morgan fingerprint density at radius 3 is 2.35 bits per heavy atom. The summed E-state index contributed by atoms with van der Waals surface area (Å²) in [4.78, 5) is 41.3. The number of nitrogens with two attached hydrogens (primary N) is 1. The maximum absolute atomic E-state index is 15.8. The van der Waals surface area contributed by atoms with Gasteiger partial charge in [-0.3, -0.25) is 14.5 Å². The van der Waals surface area contributed by atoms with Crippen LogP contribution in [0.15, 0.2) is 53.5 Å². The highest BCUT2D eigenvalue weighted by molar-refractivity contribution is 6.02. The molecule has 12 heteroatoms. The van der Waals surface area contributed by atoms with Gasteiger partial charge in [-0.25, -0.2) is 9.18 Å². The van der Waals surface area contributed by atoms with Crippen molar-refractivity contribution in [3.8, 4) is 17.2 Å². The highest BCUT2D eigenvalue weighted by Gasteiger charge is 2.31. The van der Waals surface area contributed by atoms with Gasteiger partial charge in [0.2, 0.25) is 5.43 Å². The number of carbonyl (C=O) groups is 2. The van der Waals surface area contributed by atoms with Crippen molar-refractivity contribution < 1.29 is 28.2 Å². The van der Waals surface area contributed by atoms with Gasteiger partial charge < -0.3 is 34.7 Å². The molecule has 0 spiro atoms. The lowest BCUT2D eigenvalue weighted by Crippen LogP contribution is -2.38. The second kappa shape index (κ2) is 13.8. The van der Waals surface area contributed by atoms with Gasteiger partial charge in [0.15, 0.2) is 17.3 Å². The summed E-state index contributed by atoms with van der Waals surface area (Å²) in [5.74, 6) is -0.0919. The minimum Gasteiger partial charge on any atom is -0.451 e. The van der Waals surface area contributed by atoms with E-state index in [1.165, 1.54) is 6.07 Å². The van der Waals surface area contributed by atoms with Crippen LogP contribution in [-0.4, -0.2) is 79.6 Å². The van der Waals surface area contributed by atoms with Gasteiger partial charge in [-0.05, 0) is 75.5 Å². The number of benzene rings is 3. The van der Waals surface area contributed by atoms with Crippen molar-refractivity contribution in [1.29, 1.82) is 0 Å². The number of fused-ring (bicyclic) bond motifs is 3. The van der Waals surface area contributed by atoms with Crippen LogP contribution in [0.2, 0.25) is 0 Å². The van der Waals surface area contributed by atoms with E-state index < -0.39 is 28.8 Å². The van der Waals surface area contributed by atoms with Gasteiger partial charge in [0.05, 0.1) is 24.3 Å². The van der Waals surface area contributed by atoms with E-state index in [1.807, 2.05) is 45.9 Å². The van der Waals surface area contributed by atoms with Crippen LogP contribution in [0.1, 0.15) is 50.4 Å². The van der Waals surface area contributed by atoms with Gasteiger partial charge in [0.1, 0.15) is 22.4 Å². The van der Waals surface area contributed by atoms with E-state index in [-0.39, 0.29) is 10.9 Å². The van der Waals surface area contributed by atoms with Gasteiger partial charge in [0, 0.05) is 38.9 Å². The summed E-state index contributed by atoms with van der Waals surface area (Å²) in [7, 11) is 0. The lowest BCUT2D eigenvalue weighted by molar-refractivity contribution is 0.0374. The number of aromatic nitrogens is 1. The number of amides is 2. The van der Waals surface area contributed by atoms with Crippen molar-refractivity contribution in [1.82, 2.24) is 14.8 Å². The maximum atomic E-state index is 15.8. The molecule has 4 heterocycles. The number of hydrogen-bond donors (Lipinski definition) is 2. The van der Waals surface area contributed by atoms with E-state index in [4.69, 9.17) is 15.2 Å². The third-order valence-corrected chi connectivity index (χ3v) is 8.58.